The standard InChI is InChI=1S/C22H17F3N2O4/c23-22(24,25)21(31)17(19(29)13-7-2-1-3-8-13)18(26-20(30)27-21)16-14-9-5-4-6-12(14)10-11-15(16)28/h1-11,17-18,28,31H,(H2,26,27,30)/t17-,18+,21+/m0/s1. The molecule has 4 rings (SSSR count). The number of phenolic OH excluding ortho intramolecular Hbond substituents is 1. The molecule has 1 heterocycles. The molecule has 1 aliphatic heterocycles. The van der Waals surface area contributed by atoms with Crippen molar-refractivity contribution in [2.45, 2.75) is 17.9 Å². The first-order chi connectivity index (χ1) is 14.6. The van der Waals surface area contributed by atoms with E-state index in [2.05, 4.69) is 5.32 Å². The van der Waals surface area contributed by atoms with Crippen LogP contribution in [0.3, 0.4) is 0 Å². The van der Waals surface area contributed by atoms with E-state index in [1.54, 1.807) is 36.4 Å². The third-order valence-corrected chi connectivity index (χ3v) is 5.41. The first-order valence-corrected chi connectivity index (χ1v) is 9.31. The first kappa shape index (κ1) is 20.7. The predicted octanol–water partition coefficient (Wildman–Crippen LogP) is 3.65. The van der Waals surface area contributed by atoms with Crippen molar-refractivity contribution in [1.29, 1.82) is 0 Å². The molecule has 2 amide bonds. The minimum atomic E-state index is -5.38. The molecular weight excluding hydrogens is 413 g/mol. The molecule has 0 unspecified atom stereocenters. The van der Waals surface area contributed by atoms with Gasteiger partial charge in [-0.1, -0.05) is 60.7 Å². The normalized spacial score (nSPS) is 23.8. The minimum absolute atomic E-state index is 0.0853. The molecule has 1 fully saturated rings. The van der Waals surface area contributed by atoms with E-state index in [0.717, 1.165) is 0 Å². The van der Waals surface area contributed by atoms with Gasteiger partial charge >= 0.3 is 12.2 Å². The Morgan fingerprint density at radius 2 is 1.61 bits per heavy atom. The maximum atomic E-state index is 14.0. The fourth-order valence-corrected chi connectivity index (χ4v) is 3.97. The van der Waals surface area contributed by atoms with Gasteiger partial charge in [0.05, 0.1) is 6.04 Å². The van der Waals surface area contributed by atoms with Gasteiger partial charge in [0, 0.05) is 11.1 Å². The third-order valence-electron chi connectivity index (χ3n) is 5.41. The smallest absolute Gasteiger partial charge is 0.437 e. The number of amides is 2. The van der Waals surface area contributed by atoms with Gasteiger partial charge in [-0.15, -0.1) is 0 Å². The number of alkyl halides is 3. The number of carbonyl (C=O) groups excluding carboxylic acids is 2. The van der Waals surface area contributed by atoms with E-state index in [-0.39, 0.29) is 11.1 Å². The van der Waals surface area contributed by atoms with Crippen molar-refractivity contribution in [3.05, 3.63) is 77.9 Å². The van der Waals surface area contributed by atoms with Gasteiger partial charge in [-0.25, -0.2) is 4.79 Å². The molecule has 0 spiro atoms. The summed E-state index contributed by atoms with van der Waals surface area (Å²) in [6.07, 6.45) is -5.38. The number of rotatable bonds is 3. The summed E-state index contributed by atoms with van der Waals surface area (Å²) in [4.78, 5) is 25.5. The number of aromatic hydroxyl groups is 1. The lowest BCUT2D eigenvalue weighted by atomic mass is 9.76. The Balaban J connectivity index is 1.98. The molecule has 4 N–H and O–H groups in total. The molecule has 6 nitrogen and oxygen atoms in total. The monoisotopic (exact) mass is 430 g/mol. The van der Waals surface area contributed by atoms with Crippen LogP contribution in [0.4, 0.5) is 18.0 Å². The summed E-state index contributed by atoms with van der Waals surface area (Å²) in [6, 6.07) is 13.5. The van der Waals surface area contributed by atoms with Gasteiger partial charge in [0.25, 0.3) is 0 Å². The maximum absolute atomic E-state index is 14.0. The Bertz CT molecular complexity index is 1170. The lowest BCUT2D eigenvalue weighted by Gasteiger charge is -2.45. The number of urea groups is 1. The van der Waals surface area contributed by atoms with Gasteiger partial charge in [0.1, 0.15) is 11.7 Å². The Kier molecular flexibility index (Phi) is 4.85. The predicted molar refractivity (Wildman–Crippen MR) is 105 cm³/mol. The second kappa shape index (κ2) is 7.28. The number of halogens is 3. The van der Waals surface area contributed by atoms with Crippen LogP contribution in [-0.2, 0) is 0 Å². The van der Waals surface area contributed by atoms with Crippen LogP contribution in [-0.4, -0.2) is 33.9 Å². The van der Waals surface area contributed by atoms with Crippen LogP contribution in [0.15, 0.2) is 66.7 Å². The zero-order valence-corrected chi connectivity index (χ0v) is 15.9. The van der Waals surface area contributed by atoms with Crippen molar-refractivity contribution in [2.24, 2.45) is 5.92 Å². The average Bonchev–Trinajstić information content (AvgIpc) is 2.72. The summed E-state index contributed by atoms with van der Waals surface area (Å²) >= 11 is 0. The summed E-state index contributed by atoms with van der Waals surface area (Å²) in [5.74, 6) is -3.68. The Hall–Kier alpha value is -3.59. The fraction of sp³-hybridized carbons (Fsp3) is 0.182. The number of fused-ring (bicyclic) bond motifs is 1. The number of Topliss-reactive ketones (excluding diaryl/α,β-unsaturated/α-hetero) is 1. The number of nitrogens with one attached hydrogen (secondary N) is 2. The summed E-state index contributed by atoms with van der Waals surface area (Å²) in [5.41, 5.74) is -4.04. The number of aliphatic hydroxyl groups is 1. The van der Waals surface area contributed by atoms with Crippen LogP contribution in [0.5, 0.6) is 5.75 Å². The molecule has 9 heteroatoms. The zero-order chi connectivity index (χ0) is 22.4. The van der Waals surface area contributed by atoms with Crippen LogP contribution < -0.4 is 10.6 Å². The zero-order valence-electron chi connectivity index (χ0n) is 15.9. The molecule has 0 radical (unpaired) electrons. The molecule has 31 heavy (non-hydrogen) atoms. The molecule has 1 aliphatic rings. The molecule has 0 saturated carbocycles. The number of carbonyl (C=O) groups is 2. The minimum Gasteiger partial charge on any atom is -0.508 e. The summed E-state index contributed by atoms with van der Waals surface area (Å²) in [6.45, 7) is 0. The molecule has 3 aromatic rings. The molecule has 160 valence electrons. The second-order valence-corrected chi connectivity index (χ2v) is 7.27. The summed E-state index contributed by atoms with van der Waals surface area (Å²) in [5, 5.41) is 25.9. The van der Waals surface area contributed by atoms with Crippen LogP contribution >= 0.6 is 0 Å². The lowest BCUT2D eigenvalue weighted by molar-refractivity contribution is -0.287. The SMILES string of the molecule is O=C1N[C@H](c2c(O)ccc3ccccc23)[C@@H](C(=O)c2ccccc2)[C@@](O)(C(F)(F)F)N1. The van der Waals surface area contributed by atoms with E-state index >= 15 is 0 Å². The molecule has 1 saturated heterocycles. The highest BCUT2D eigenvalue weighted by Crippen LogP contribution is 2.47. The van der Waals surface area contributed by atoms with E-state index in [1.165, 1.54) is 35.6 Å². The van der Waals surface area contributed by atoms with Crippen LogP contribution in [0.1, 0.15) is 22.0 Å². The first-order valence-electron chi connectivity index (χ1n) is 9.31. The number of ketones is 1. The van der Waals surface area contributed by atoms with Gasteiger partial charge in [-0.05, 0) is 16.8 Å². The van der Waals surface area contributed by atoms with Crippen molar-refractivity contribution in [3.8, 4) is 5.75 Å². The molecule has 3 aromatic carbocycles. The fourth-order valence-electron chi connectivity index (χ4n) is 3.97. The molecular formula is C22H17F3N2O4. The van der Waals surface area contributed by atoms with E-state index in [4.69, 9.17) is 0 Å². The second-order valence-electron chi connectivity index (χ2n) is 7.27. The Labute approximate surface area is 174 Å². The van der Waals surface area contributed by atoms with Gasteiger partial charge < -0.3 is 20.8 Å². The number of hydrogen-bond acceptors (Lipinski definition) is 4. The highest BCUT2D eigenvalue weighted by atomic mass is 19.4. The highest BCUT2D eigenvalue weighted by molar-refractivity contribution is 6.01. The lowest BCUT2D eigenvalue weighted by Crippen LogP contribution is -2.72. The van der Waals surface area contributed by atoms with Gasteiger partial charge in [-0.3, -0.25) is 4.79 Å². The molecule has 0 aromatic heterocycles. The van der Waals surface area contributed by atoms with Crippen molar-refractivity contribution in [1.82, 2.24) is 10.6 Å². The topological polar surface area (TPSA) is 98.7 Å². The van der Waals surface area contributed by atoms with Gasteiger partial charge in [0.2, 0.25) is 5.72 Å². The average molecular weight is 430 g/mol. The van der Waals surface area contributed by atoms with Crippen molar-refractivity contribution in [2.75, 3.05) is 0 Å². The van der Waals surface area contributed by atoms with Gasteiger partial charge in [0.15, 0.2) is 5.78 Å². The largest absolute Gasteiger partial charge is 0.508 e. The summed E-state index contributed by atoms with van der Waals surface area (Å²) in [7, 11) is 0. The Morgan fingerprint density at radius 3 is 2.29 bits per heavy atom. The molecule has 0 aliphatic carbocycles. The van der Waals surface area contributed by atoms with E-state index in [1.807, 2.05) is 0 Å². The van der Waals surface area contributed by atoms with Crippen LogP contribution in [0, 0.1) is 5.92 Å². The molecule has 0 bridgehead atoms. The van der Waals surface area contributed by atoms with Gasteiger partial charge in [-0.2, -0.15) is 13.2 Å². The van der Waals surface area contributed by atoms with E-state index in [9.17, 15) is 33.0 Å². The van der Waals surface area contributed by atoms with Crippen molar-refractivity contribution < 1.29 is 33.0 Å². The maximum Gasteiger partial charge on any atom is 0.437 e. The van der Waals surface area contributed by atoms with Crippen molar-refractivity contribution >= 4 is 22.6 Å². The van der Waals surface area contributed by atoms with Crippen LogP contribution in [0.2, 0.25) is 0 Å². The highest BCUT2D eigenvalue weighted by Gasteiger charge is 2.66. The number of phenols is 1. The third kappa shape index (κ3) is 3.36. The van der Waals surface area contributed by atoms with Crippen molar-refractivity contribution in [3.63, 3.8) is 0 Å². The molecule has 3 atom stereocenters. The van der Waals surface area contributed by atoms with E-state index < -0.39 is 41.4 Å². The number of benzene rings is 3. The van der Waals surface area contributed by atoms with E-state index in [0.29, 0.717) is 10.8 Å². The quantitative estimate of drug-likeness (QED) is 0.477. The van der Waals surface area contributed by atoms with Crippen LogP contribution in [0.25, 0.3) is 10.8 Å². The summed E-state index contributed by atoms with van der Waals surface area (Å²) < 4.78 is 42.1. The Morgan fingerprint density at radius 1 is 0.968 bits per heavy atom. The number of hydrogen-bond donors (Lipinski definition) is 4.